The van der Waals surface area contributed by atoms with Crippen molar-refractivity contribution in [2.75, 3.05) is 19.6 Å². The molecule has 1 aliphatic heterocycles. The molecular formula is C13H18ClN3O. The van der Waals surface area contributed by atoms with Crippen LogP contribution in [-0.2, 0) is 0 Å². The van der Waals surface area contributed by atoms with E-state index < -0.39 is 0 Å². The van der Waals surface area contributed by atoms with Crippen LogP contribution in [0.2, 0.25) is 5.02 Å². The molecule has 1 fully saturated rings. The zero-order valence-corrected chi connectivity index (χ0v) is 11.3. The number of carbonyl (C=O) groups is 1. The van der Waals surface area contributed by atoms with Gasteiger partial charge >= 0.3 is 0 Å². The predicted molar refractivity (Wildman–Crippen MR) is 71.8 cm³/mol. The van der Waals surface area contributed by atoms with Crippen molar-refractivity contribution >= 4 is 17.5 Å². The van der Waals surface area contributed by atoms with Crippen LogP contribution < -0.4 is 5.32 Å². The third-order valence-corrected chi connectivity index (χ3v) is 3.63. The molecule has 2 rings (SSSR count). The van der Waals surface area contributed by atoms with E-state index in [1.54, 1.807) is 12.3 Å². The summed E-state index contributed by atoms with van der Waals surface area (Å²) in [6, 6.07) is 1.85. The highest BCUT2D eigenvalue weighted by atomic mass is 35.5. The number of hydrogen-bond acceptors (Lipinski definition) is 3. The summed E-state index contributed by atoms with van der Waals surface area (Å²) in [5, 5.41) is 3.48. The lowest BCUT2D eigenvalue weighted by Gasteiger charge is -2.32. The zero-order chi connectivity index (χ0) is 13.0. The molecule has 0 aliphatic carbocycles. The van der Waals surface area contributed by atoms with Gasteiger partial charge in [-0.1, -0.05) is 18.5 Å². The molecule has 0 radical (unpaired) electrons. The Bertz CT molecular complexity index is 424. The number of halogens is 1. The molecule has 0 spiro atoms. The number of nitrogens with zero attached hydrogens (tertiary/aromatic N) is 2. The summed E-state index contributed by atoms with van der Waals surface area (Å²) in [5.41, 5.74) is 0.452. The van der Waals surface area contributed by atoms with E-state index in [0.29, 0.717) is 10.6 Å². The van der Waals surface area contributed by atoms with Gasteiger partial charge < -0.3 is 10.2 Å². The summed E-state index contributed by atoms with van der Waals surface area (Å²) in [5.74, 6) is -0.129. The lowest BCUT2D eigenvalue weighted by molar-refractivity contribution is 0.0905. The molecule has 1 atom stereocenters. The van der Waals surface area contributed by atoms with Gasteiger partial charge in [0.2, 0.25) is 0 Å². The number of likely N-dealkylation sites (tertiary alicyclic amines) is 1. The lowest BCUT2D eigenvalue weighted by Crippen LogP contribution is -2.47. The van der Waals surface area contributed by atoms with Gasteiger partial charge in [-0.2, -0.15) is 0 Å². The van der Waals surface area contributed by atoms with E-state index >= 15 is 0 Å². The molecule has 2 heterocycles. The van der Waals surface area contributed by atoms with Gasteiger partial charge in [-0.05, 0) is 32.0 Å². The average Bonchev–Trinajstić information content (AvgIpc) is 2.39. The highest BCUT2D eigenvalue weighted by molar-refractivity contribution is 6.33. The summed E-state index contributed by atoms with van der Waals surface area (Å²) in [7, 11) is 0. The Balaban J connectivity index is 1.97. The van der Waals surface area contributed by atoms with Crippen LogP contribution in [0.25, 0.3) is 0 Å². The van der Waals surface area contributed by atoms with Crippen LogP contribution in [0.3, 0.4) is 0 Å². The molecular weight excluding hydrogens is 250 g/mol. The summed E-state index contributed by atoms with van der Waals surface area (Å²) >= 11 is 5.98. The minimum absolute atomic E-state index is 0.129. The number of amides is 1. The standard InChI is InChI=1S/C13H18ClN3O/c1-2-17-7-3-4-10(9-17)16-13(18)11-8-15-6-5-12(11)14/h5-6,8,10H,2-4,7,9H2,1H3,(H,16,18). The number of rotatable bonds is 3. The molecule has 18 heavy (non-hydrogen) atoms. The maximum Gasteiger partial charge on any atom is 0.254 e. The quantitative estimate of drug-likeness (QED) is 0.911. The summed E-state index contributed by atoms with van der Waals surface area (Å²) in [6.07, 6.45) is 5.25. The molecule has 5 heteroatoms. The minimum atomic E-state index is -0.129. The second-order valence-electron chi connectivity index (χ2n) is 4.56. The Morgan fingerprint density at radius 1 is 1.67 bits per heavy atom. The van der Waals surface area contributed by atoms with Crippen LogP contribution in [-0.4, -0.2) is 41.5 Å². The molecule has 1 aliphatic rings. The topological polar surface area (TPSA) is 45.2 Å². The molecule has 1 amide bonds. The molecule has 0 saturated carbocycles. The fraction of sp³-hybridized carbons (Fsp3) is 0.538. The van der Waals surface area contributed by atoms with Gasteiger partial charge in [0, 0.05) is 25.0 Å². The van der Waals surface area contributed by atoms with E-state index in [1.807, 2.05) is 0 Å². The van der Waals surface area contributed by atoms with Crippen molar-refractivity contribution in [3.05, 3.63) is 29.0 Å². The molecule has 0 aromatic carbocycles. The van der Waals surface area contributed by atoms with Gasteiger partial charge in [0.15, 0.2) is 0 Å². The summed E-state index contributed by atoms with van der Waals surface area (Å²) < 4.78 is 0. The second kappa shape index (κ2) is 6.16. The molecule has 0 bridgehead atoms. The number of piperidine rings is 1. The van der Waals surface area contributed by atoms with Crippen LogP contribution in [0.1, 0.15) is 30.1 Å². The first-order valence-corrected chi connectivity index (χ1v) is 6.71. The van der Waals surface area contributed by atoms with Crippen LogP contribution in [0.5, 0.6) is 0 Å². The van der Waals surface area contributed by atoms with Crippen molar-refractivity contribution in [2.45, 2.75) is 25.8 Å². The van der Waals surface area contributed by atoms with Gasteiger partial charge in [-0.25, -0.2) is 0 Å². The minimum Gasteiger partial charge on any atom is -0.348 e. The van der Waals surface area contributed by atoms with Crippen molar-refractivity contribution in [1.82, 2.24) is 15.2 Å². The number of hydrogen-bond donors (Lipinski definition) is 1. The fourth-order valence-corrected chi connectivity index (χ4v) is 2.46. The monoisotopic (exact) mass is 267 g/mol. The van der Waals surface area contributed by atoms with Crippen molar-refractivity contribution in [3.8, 4) is 0 Å². The van der Waals surface area contributed by atoms with Crippen LogP contribution >= 0.6 is 11.6 Å². The lowest BCUT2D eigenvalue weighted by atomic mass is 10.1. The maximum atomic E-state index is 12.1. The van der Waals surface area contributed by atoms with Gasteiger partial charge in [0.05, 0.1) is 10.6 Å². The zero-order valence-electron chi connectivity index (χ0n) is 10.5. The number of likely N-dealkylation sites (N-methyl/N-ethyl adjacent to an activating group) is 1. The van der Waals surface area contributed by atoms with E-state index in [2.05, 4.69) is 22.1 Å². The van der Waals surface area contributed by atoms with Crippen LogP contribution in [0.15, 0.2) is 18.5 Å². The molecule has 1 aromatic heterocycles. The van der Waals surface area contributed by atoms with Gasteiger partial charge in [-0.3, -0.25) is 9.78 Å². The third kappa shape index (κ3) is 3.21. The van der Waals surface area contributed by atoms with Crippen molar-refractivity contribution < 1.29 is 4.79 Å². The second-order valence-corrected chi connectivity index (χ2v) is 4.97. The molecule has 1 N–H and O–H groups in total. The SMILES string of the molecule is CCN1CCCC(NC(=O)c2cnccc2Cl)C1. The average molecular weight is 268 g/mol. The maximum absolute atomic E-state index is 12.1. The van der Waals surface area contributed by atoms with E-state index in [1.165, 1.54) is 6.20 Å². The highest BCUT2D eigenvalue weighted by Crippen LogP contribution is 2.15. The van der Waals surface area contributed by atoms with Gasteiger partial charge in [-0.15, -0.1) is 0 Å². The third-order valence-electron chi connectivity index (χ3n) is 3.30. The largest absolute Gasteiger partial charge is 0.348 e. The highest BCUT2D eigenvalue weighted by Gasteiger charge is 2.21. The van der Waals surface area contributed by atoms with Crippen molar-refractivity contribution in [2.24, 2.45) is 0 Å². The Kier molecular flexibility index (Phi) is 4.55. The fourth-order valence-electron chi connectivity index (χ4n) is 2.27. The van der Waals surface area contributed by atoms with Gasteiger partial charge in [0.1, 0.15) is 0 Å². The normalized spacial score (nSPS) is 20.7. The van der Waals surface area contributed by atoms with E-state index in [-0.39, 0.29) is 11.9 Å². The Labute approximate surface area is 112 Å². The Morgan fingerprint density at radius 2 is 2.50 bits per heavy atom. The van der Waals surface area contributed by atoms with Crippen molar-refractivity contribution in [1.29, 1.82) is 0 Å². The number of aromatic nitrogens is 1. The summed E-state index contributed by atoms with van der Waals surface area (Å²) in [6.45, 7) is 5.21. The number of nitrogens with one attached hydrogen (secondary N) is 1. The molecule has 1 unspecified atom stereocenters. The smallest absolute Gasteiger partial charge is 0.254 e. The number of pyridine rings is 1. The van der Waals surface area contributed by atoms with Crippen LogP contribution in [0.4, 0.5) is 0 Å². The first-order valence-electron chi connectivity index (χ1n) is 6.33. The van der Waals surface area contributed by atoms with Crippen molar-refractivity contribution in [3.63, 3.8) is 0 Å². The first-order chi connectivity index (χ1) is 8.70. The molecule has 4 nitrogen and oxygen atoms in total. The molecule has 1 aromatic rings. The Hall–Kier alpha value is -1.13. The van der Waals surface area contributed by atoms with E-state index in [0.717, 1.165) is 32.5 Å². The molecule has 98 valence electrons. The van der Waals surface area contributed by atoms with E-state index in [4.69, 9.17) is 11.6 Å². The van der Waals surface area contributed by atoms with Crippen LogP contribution in [0, 0.1) is 0 Å². The van der Waals surface area contributed by atoms with Gasteiger partial charge in [0.25, 0.3) is 5.91 Å². The van der Waals surface area contributed by atoms with E-state index in [9.17, 15) is 4.79 Å². The Morgan fingerprint density at radius 3 is 3.22 bits per heavy atom. The predicted octanol–water partition coefficient (Wildman–Crippen LogP) is 1.95. The number of carbonyl (C=O) groups excluding carboxylic acids is 1. The summed E-state index contributed by atoms with van der Waals surface area (Å²) in [4.78, 5) is 18.4. The first kappa shape index (κ1) is 13.3. The molecule has 1 saturated heterocycles.